The van der Waals surface area contributed by atoms with Crippen molar-refractivity contribution in [2.45, 2.75) is 49.5 Å². The first-order chi connectivity index (χ1) is 8.99. The van der Waals surface area contributed by atoms with Gasteiger partial charge in [-0.1, -0.05) is 37.3 Å². The van der Waals surface area contributed by atoms with Gasteiger partial charge in [-0.3, -0.25) is 0 Å². The van der Waals surface area contributed by atoms with Gasteiger partial charge in [0.25, 0.3) is 0 Å². The summed E-state index contributed by atoms with van der Waals surface area (Å²) in [6.45, 7) is 0. The van der Waals surface area contributed by atoms with Gasteiger partial charge in [-0.15, -0.1) is 0 Å². The molecule has 1 saturated carbocycles. The lowest BCUT2D eigenvalue weighted by Crippen LogP contribution is -2.34. The van der Waals surface area contributed by atoms with Gasteiger partial charge in [-0.05, 0) is 34.8 Å². The van der Waals surface area contributed by atoms with E-state index >= 15 is 0 Å². The maximum Gasteiger partial charge on any atom is 0.243 e. The van der Waals surface area contributed by atoms with E-state index in [0.717, 1.165) is 25.7 Å². The molecule has 1 aliphatic carbocycles. The van der Waals surface area contributed by atoms with Gasteiger partial charge in [0.15, 0.2) is 0 Å². The topological polar surface area (TPSA) is 59.1 Å². The fourth-order valence-electron chi connectivity index (χ4n) is 2.27. The van der Waals surface area contributed by atoms with Crippen LogP contribution in [0, 0.1) is 0 Å². The molecule has 19 heavy (non-hydrogen) atoms. The van der Waals surface area contributed by atoms with Crippen molar-refractivity contribution in [2.24, 2.45) is 0 Å². The molecule has 1 aliphatic rings. The fourth-order valence-corrected chi connectivity index (χ4v) is 4.52. The largest absolute Gasteiger partial charge is 0.243 e. The molecule has 0 aromatic carbocycles. The van der Waals surface area contributed by atoms with E-state index in [1.165, 1.54) is 25.1 Å². The predicted octanol–water partition coefficient (Wildman–Crippen LogP) is 3.50. The van der Waals surface area contributed by atoms with E-state index in [1.54, 1.807) is 0 Å². The quantitative estimate of drug-likeness (QED) is 0.657. The summed E-state index contributed by atoms with van der Waals surface area (Å²) in [5.41, 5.74) is 0. The van der Waals surface area contributed by atoms with Crippen molar-refractivity contribution in [3.63, 3.8) is 0 Å². The van der Waals surface area contributed by atoms with Crippen LogP contribution in [0.25, 0.3) is 0 Å². The van der Waals surface area contributed by atoms with Crippen molar-refractivity contribution in [2.75, 3.05) is 0 Å². The molecule has 0 bridgehead atoms. The zero-order chi connectivity index (χ0) is 13.9. The van der Waals surface area contributed by atoms with Crippen LogP contribution < -0.4 is 4.72 Å². The number of rotatable bonds is 3. The van der Waals surface area contributed by atoms with Crippen LogP contribution >= 0.6 is 27.5 Å². The molecule has 1 N–H and O–H groups in total. The van der Waals surface area contributed by atoms with Gasteiger partial charge in [0.2, 0.25) is 10.0 Å². The Balaban J connectivity index is 2.19. The molecular formula is C12H16BrClN2O2S. The van der Waals surface area contributed by atoms with Crippen molar-refractivity contribution >= 4 is 37.6 Å². The summed E-state index contributed by atoms with van der Waals surface area (Å²) >= 11 is 9.09. The maximum absolute atomic E-state index is 12.3. The standard InChI is InChI=1S/C12H16BrClN2O2S/c13-9-7-11(12(14)15-8-9)19(17,18)16-10-5-3-1-2-4-6-10/h7-8,10,16H,1-6H2. The lowest BCUT2D eigenvalue weighted by molar-refractivity contribution is 0.509. The summed E-state index contributed by atoms with van der Waals surface area (Å²) in [6, 6.07) is 1.48. The number of aromatic nitrogens is 1. The van der Waals surface area contributed by atoms with Crippen molar-refractivity contribution in [1.82, 2.24) is 9.71 Å². The van der Waals surface area contributed by atoms with Crippen LogP contribution in [0.15, 0.2) is 21.6 Å². The average molecular weight is 368 g/mol. The highest BCUT2D eigenvalue weighted by molar-refractivity contribution is 9.10. The Morgan fingerprint density at radius 3 is 2.53 bits per heavy atom. The van der Waals surface area contributed by atoms with Crippen molar-refractivity contribution < 1.29 is 8.42 Å². The number of nitrogens with zero attached hydrogens (tertiary/aromatic N) is 1. The highest BCUT2D eigenvalue weighted by Gasteiger charge is 2.24. The molecule has 0 unspecified atom stereocenters. The van der Waals surface area contributed by atoms with Crippen LogP contribution in [0.1, 0.15) is 38.5 Å². The van der Waals surface area contributed by atoms with Crippen LogP contribution in [0.3, 0.4) is 0 Å². The van der Waals surface area contributed by atoms with Crippen LogP contribution in [-0.2, 0) is 10.0 Å². The first-order valence-electron chi connectivity index (χ1n) is 6.32. The maximum atomic E-state index is 12.3. The predicted molar refractivity (Wildman–Crippen MR) is 78.8 cm³/mol. The molecule has 1 aromatic rings. The first-order valence-corrected chi connectivity index (χ1v) is 8.98. The molecule has 1 aromatic heterocycles. The number of hydrogen-bond acceptors (Lipinski definition) is 3. The molecule has 1 fully saturated rings. The molecule has 4 nitrogen and oxygen atoms in total. The van der Waals surface area contributed by atoms with E-state index in [4.69, 9.17) is 11.6 Å². The van der Waals surface area contributed by atoms with Crippen LogP contribution in [0.2, 0.25) is 5.15 Å². The molecule has 7 heteroatoms. The molecule has 2 rings (SSSR count). The normalized spacial score (nSPS) is 18.2. The van der Waals surface area contributed by atoms with E-state index in [1.807, 2.05) is 0 Å². The Bertz CT molecular complexity index is 543. The van der Waals surface area contributed by atoms with Crippen LogP contribution in [0.5, 0.6) is 0 Å². The van der Waals surface area contributed by atoms with E-state index in [9.17, 15) is 8.42 Å². The summed E-state index contributed by atoms with van der Waals surface area (Å²) < 4.78 is 28.0. The SMILES string of the molecule is O=S(=O)(NC1CCCCCC1)c1cc(Br)cnc1Cl. The zero-order valence-electron chi connectivity index (χ0n) is 10.4. The van der Waals surface area contributed by atoms with Gasteiger partial charge in [0.1, 0.15) is 10.0 Å². The third kappa shape index (κ3) is 4.15. The Labute approximate surface area is 127 Å². The monoisotopic (exact) mass is 366 g/mol. The van der Waals surface area contributed by atoms with Gasteiger partial charge in [-0.25, -0.2) is 18.1 Å². The Kier molecular flexibility index (Phi) is 5.22. The second kappa shape index (κ2) is 6.52. The van der Waals surface area contributed by atoms with Crippen LogP contribution in [0.4, 0.5) is 0 Å². The lowest BCUT2D eigenvalue weighted by atomic mass is 10.1. The van der Waals surface area contributed by atoms with E-state index < -0.39 is 10.0 Å². The van der Waals surface area contributed by atoms with Gasteiger partial charge in [0, 0.05) is 16.7 Å². The van der Waals surface area contributed by atoms with Gasteiger partial charge in [0.05, 0.1) is 0 Å². The van der Waals surface area contributed by atoms with Gasteiger partial charge < -0.3 is 0 Å². The first kappa shape index (κ1) is 15.2. The minimum absolute atomic E-state index is 0.00236. The van der Waals surface area contributed by atoms with Gasteiger partial charge in [-0.2, -0.15) is 0 Å². The highest BCUT2D eigenvalue weighted by atomic mass is 79.9. The van der Waals surface area contributed by atoms with Crippen molar-refractivity contribution in [3.8, 4) is 0 Å². The second-order valence-corrected chi connectivity index (χ2v) is 7.71. The summed E-state index contributed by atoms with van der Waals surface area (Å²) in [5.74, 6) is 0. The molecule has 106 valence electrons. The summed E-state index contributed by atoms with van der Waals surface area (Å²) in [5, 5.41) is 0.00400. The molecular weight excluding hydrogens is 352 g/mol. The number of halogens is 2. The number of sulfonamides is 1. The van der Waals surface area contributed by atoms with E-state index in [0.29, 0.717) is 4.47 Å². The molecule has 0 saturated heterocycles. The molecule has 0 amide bonds. The minimum Gasteiger partial charge on any atom is -0.242 e. The summed E-state index contributed by atoms with van der Waals surface area (Å²) in [7, 11) is -3.60. The summed E-state index contributed by atoms with van der Waals surface area (Å²) in [4.78, 5) is 3.89. The molecule has 1 heterocycles. The minimum atomic E-state index is -3.60. The van der Waals surface area contributed by atoms with E-state index in [-0.39, 0.29) is 16.1 Å². The lowest BCUT2D eigenvalue weighted by Gasteiger charge is -2.16. The second-order valence-electron chi connectivity index (χ2n) is 4.75. The Morgan fingerprint density at radius 2 is 1.89 bits per heavy atom. The molecule has 0 aliphatic heterocycles. The Morgan fingerprint density at radius 1 is 1.26 bits per heavy atom. The third-order valence-corrected chi connectivity index (χ3v) is 5.62. The highest BCUT2D eigenvalue weighted by Crippen LogP contribution is 2.24. The number of nitrogens with one attached hydrogen (secondary N) is 1. The molecule has 0 radical (unpaired) electrons. The molecule has 0 spiro atoms. The fraction of sp³-hybridized carbons (Fsp3) is 0.583. The van der Waals surface area contributed by atoms with Crippen molar-refractivity contribution in [3.05, 3.63) is 21.9 Å². The van der Waals surface area contributed by atoms with Crippen LogP contribution in [-0.4, -0.2) is 19.4 Å². The average Bonchev–Trinajstić information content (AvgIpc) is 2.60. The van der Waals surface area contributed by atoms with Crippen molar-refractivity contribution in [1.29, 1.82) is 0 Å². The Hall–Kier alpha value is -0.170. The smallest absolute Gasteiger partial charge is 0.242 e. The number of hydrogen-bond donors (Lipinski definition) is 1. The van der Waals surface area contributed by atoms with Gasteiger partial charge >= 0.3 is 0 Å². The van der Waals surface area contributed by atoms with E-state index in [2.05, 4.69) is 25.6 Å². The zero-order valence-corrected chi connectivity index (χ0v) is 13.6. The third-order valence-electron chi connectivity index (χ3n) is 3.24. The summed E-state index contributed by atoms with van der Waals surface area (Å²) in [6.07, 6.45) is 7.74. The molecule has 0 atom stereocenters. The number of pyridine rings is 1.